The second kappa shape index (κ2) is 10.1. The van der Waals surface area contributed by atoms with Crippen molar-refractivity contribution in [1.82, 2.24) is 0 Å². The number of nitrogens with two attached hydrogens (primary N) is 1. The lowest BCUT2D eigenvalue weighted by Crippen LogP contribution is -2.52. The zero-order valence-corrected chi connectivity index (χ0v) is 22.1. The second-order valence-corrected chi connectivity index (χ2v) is 10.1. The number of ether oxygens (including phenoxy) is 3. The van der Waals surface area contributed by atoms with Gasteiger partial charge >= 0.3 is 0 Å². The fourth-order valence-electron chi connectivity index (χ4n) is 5.74. The summed E-state index contributed by atoms with van der Waals surface area (Å²) in [6.07, 6.45) is -2.93. The average molecular weight is 550 g/mol. The summed E-state index contributed by atoms with van der Waals surface area (Å²) >= 11 is 0. The molecule has 1 saturated heterocycles. The molecule has 1 heterocycles. The number of ketones is 2. The van der Waals surface area contributed by atoms with E-state index in [-0.39, 0.29) is 70.8 Å². The van der Waals surface area contributed by atoms with Crippen molar-refractivity contribution in [3.8, 4) is 17.2 Å². The van der Waals surface area contributed by atoms with Crippen LogP contribution in [0, 0.1) is 0 Å². The van der Waals surface area contributed by atoms with Gasteiger partial charge in [0, 0.05) is 42.0 Å². The van der Waals surface area contributed by atoms with E-state index in [1.807, 2.05) is 0 Å². The zero-order chi connectivity index (χ0) is 26.8. The van der Waals surface area contributed by atoms with Crippen molar-refractivity contribution in [2.24, 2.45) is 5.73 Å². The van der Waals surface area contributed by atoms with Gasteiger partial charge in [-0.05, 0) is 19.4 Å². The standard InChI is InChI=1S/C27H31NO9.ClH/c1-4-27(34)9-13-19(16(10-27)37-17-8-14(28)22(29)11(2)36-17)26(33)21-20(24(13)31)23(30)12-6-5-7-15(35-3)18(12)25(21)32;/h5-7,11,14,16-17,22,29,31,33-34H,4,8-10,28H2,1-3H3;1H. The third-order valence-corrected chi connectivity index (χ3v) is 7.88. The summed E-state index contributed by atoms with van der Waals surface area (Å²) in [7, 11) is 1.37. The normalized spacial score (nSPS) is 30.1. The van der Waals surface area contributed by atoms with E-state index >= 15 is 0 Å². The summed E-state index contributed by atoms with van der Waals surface area (Å²) in [5, 5.41) is 44.3. The quantitative estimate of drug-likeness (QED) is 0.304. The van der Waals surface area contributed by atoms with Gasteiger partial charge in [0.25, 0.3) is 0 Å². The highest BCUT2D eigenvalue weighted by atomic mass is 35.5. The summed E-state index contributed by atoms with van der Waals surface area (Å²) in [6.45, 7) is 3.44. The van der Waals surface area contributed by atoms with Crippen LogP contribution < -0.4 is 10.5 Å². The first-order valence-corrected chi connectivity index (χ1v) is 12.3. The average Bonchev–Trinajstić information content (AvgIpc) is 2.87. The van der Waals surface area contributed by atoms with Crippen molar-refractivity contribution in [3.63, 3.8) is 0 Å². The number of hydrogen-bond acceptors (Lipinski definition) is 10. The molecule has 0 spiro atoms. The van der Waals surface area contributed by atoms with Gasteiger partial charge in [-0.25, -0.2) is 0 Å². The minimum Gasteiger partial charge on any atom is -0.507 e. The van der Waals surface area contributed by atoms with E-state index in [9.17, 15) is 30.0 Å². The molecule has 206 valence electrons. The van der Waals surface area contributed by atoms with Crippen LogP contribution in [0.15, 0.2) is 18.2 Å². The summed E-state index contributed by atoms with van der Waals surface area (Å²) < 4.78 is 17.3. The lowest BCUT2D eigenvalue weighted by molar-refractivity contribution is -0.247. The van der Waals surface area contributed by atoms with Gasteiger partial charge in [0.05, 0.1) is 47.7 Å². The summed E-state index contributed by atoms with van der Waals surface area (Å²) in [5.41, 5.74) is 4.39. The molecule has 6 N–H and O–H groups in total. The van der Waals surface area contributed by atoms with Crippen LogP contribution in [0.2, 0.25) is 0 Å². The first-order valence-electron chi connectivity index (χ1n) is 12.3. The molecule has 2 aromatic rings. The number of hydrogen-bond donors (Lipinski definition) is 5. The fraction of sp³-hybridized carbons (Fsp3) is 0.481. The molecule has 11 heteroatoms. The van der Waals surface area contributed by atoms with Crippen LogP contribution in [-0.2, 0) is 15.9 Å². The SMILES string of the molecule is CCC1(O)Cc2c(O)c3c(c(O)c2C(OC2CC(N)C(O)C(C)O2)C1)C(=O)c1c(OC)cccc1C3=O.Cl. The van der Waals surface area contributed by atoms with Crippen LogP contribution >= 0.6 is 12.4 Å². The minimum absolute atomic E-state index is 0. The third-order valence-electron chi connectivity index (χ3n) is 7.88. The van der Waals surface area contributed by atoms with E-state index in [0.717, 1.165) is 0 Å². The van der Waals surface area contributed by atoms with Crippen LogP contribution in [0.4, 0.5) is 0 Å². The van der Waals surface area contributed by atoms with Gasteiger partial charge in [-0.3, -0.25) is 9.59 Å². The molecule has 6 unspecified atom stereocenters. The first-order chi connectivity index (χ1) is 17.5. The molecule has 2 aromatic carbocycles. The molecule has 0 amide bonds. The van der Waals surface area contributed by atoms with Gasteiger partial charge in [0.1, 0.15) is 17.2 Å². The minimum atomic E-state index is -1.32. The summed E-state index contributed by atoms with van der Waals surface area (Å²) in [4.78, 5) is 27.1. The Labute approximate surface area is 225 Å². The Kier molecular flexibility index (Phi) is 7.52. The molecule has 3 aliphatic rings. The zero-order valence-electron chi connectivity index (χ0n) is 21.3. The molecule has 6 atom stereocenters. The van der Waals surface area contributed by atoms with Gasteiger partial charge in [-0.2, -0.15) is 0 Å². The molecule has 1 fully saturated rings. The number of halogens is 1. The fourth-order valence-corrected chi connectivity index (χ4v) is 5.74. The van der Waals surface area contributed by atoms with Gasteiger partial charge in [0.15, 0.2) is 12.1 Å². The molecule has 10 nitrogen and oxygen atoms in total. The Hall–Kier alpha value is -2.73. The van der Waals surface area contributed by atoms with Crippen LogP contribution in [-0.4, -0.2) is 69.2 Å². The van der Waals surface area contributed by atoms with Gasteiger partial charge in [-0.15, -0.1) is 12.4 Å². The first kappa shape index (κ1) is 28.3. The van der Waals surface area contributed by atoms with E-state index in [4.69, 9.17) is 19.9 Å². The number of rotatable bonds is 4. The number of phenols is 2. The topological polar surface area (TPSA) is 169 Å². The molecule has 38 heavy (non-hydrogen) atoms. The van der Waals surface area contributed by atoms with Crippen LogP contribution in [0.25, 0.3) is 0 Å². The van der Waals surface area contributed by atoms with Crippen LogP contribution in [0.1, 0.15) is 82.2 Å². The van der Waals surface area contributed by atoms with E-state index in [0.29, 0.717) is 6.42 Å². The molecule has 5 rings (SSSR count). The number of aliphatic hydroxyl groups excluding tert-OH is 1. The summed E-state index contributed by atoms with van der Waals surface area (Å²) in [6, 6.07) is 3.95. The predicted octanol–water partition coefficient (Wildman–Crippen LogP) is 2.27. The van der Waals surface area contributed by atoms with Crippen molar-refractivity contribution >= 4 is 24.0 Å². The van der Waals surface area contributed by atoms with Crippen molar-refractivity contribution < 1.29 is 44.2 Å². The Morgan fingerprint density at radius 1 is 1.13 bits per heavy atom. The van der Waals surface area contributed by atoms with Crippen molar-refractivity contribution in [3.05, 3.63) is 51.6 Å². The van der Waals surface area contributed by atoms with Gasteiger partial charge in [0.2, 0.25) is 5.78 Å². The van der Waals surface area contributed by atoms with Crippen molar-refractivity contribution in [1.29, 1.82) is 0 Å². The number of methoxy groups -OCH3 is 1. The number of carbonyl (C=O) groups is 2. The Bertz CT molecular complexity index is 1290. The number of fused-ring (bicyclic) bond motifs is 3. The molecule has 1 aliphatic heterocycles. The predicted molar refractivity (Wildman–Crippen MR) is 137 cm³/mol. The number of aliphatic hydroxyl groups is 2. The number of carbonyl (C=O) groups excluding carboxylic acids is 2. The Balaban J connectivity index is 0.00000336. The van der Waals surface area contributed by atoms with Crippen LogP contribution in [0.5, 0.6) is 17.2 Å². The highest BCUT2D eigenvalue weighted by molar-refractivity contribution is 6.31. The van der Waals surface area contributed by atoms with Crippen LogP contribution in [0.3, 0.4) is 0 Å². The lowest BCUT2D eigenvalue weighted by atomic mass is 9.72. The van der Waals surface area contributed by atoms with Gasteiger partial charge < -0.3 is 40.4 Å². The monoisotopic (exact) mass is 549 g/mol. The number of benzene rings is 2. The summed E-state index contributed by atoms with van der Waals surface area (Å²) in [5.74, 6) is -2.09. The highest BCUT2D eigenvalue weighted by Gasteiger charge is 2.47. The smallest absolute Gasteiger partial charge is 0.202 e. The molecule has 2 aliphatic carbocycles. The molecule has 0 bridgehead atoms. The molecular formula is C27H32ClNO9. The lowest BCUT2D eigenvalue weighted by Gasteiger charge is -2.42. The molecular weight excluding hydrogens is 518 g/mol. The maximum Gasteiger partial charge on any atom is 0.202 e. The molecule has 0 aromatic heterocycles. The maximum absolute atomic E-state index is 13.6. The molecule has 0 saturated carbocycles. The Morgan fingerprint density at radius 3 is 2.45 bits per heavy atom. The third kappa shape index (κ3) is 4.25. The van der Waals surface area contributed by atoms with E-state index in [2.05, 4.69) is 0 Å². The maximum atomic E-state index is 13.6. The second-order valence-electron chi connectivity index (χ2n) is 10.1. The van der Waals surface area contributed by atoms with Crippen molar-refractivity contribution in [2.75, 3.05) is 7.11 Å². The van der Waals surface area contributed by atoms with E-state index < -0.39 is 59.3 Å². The number of aromatic hydroxyl groups is 2. The largest absolute Gasteiger partial charge is 0.507 e. The highest BCUT2D eigenvalue weighted by Crippen LogP contribution is 2.52. The van der Waals surface area contributed by atoms with Gasteiger partial charge in [-0.1, -0.05) is 19.1 Å². The van der Waals surface area contributed by atoms with Crippen molar-refractivity contribution in [2.45, 2.75) is 75.8 Å². The number of phenolic OH excluding ortho intramolecular Hbond substituents is 2. The van der Waals surface area contributed by atoms with E-state index in [1.165, 1.54) is 19.2 Å². The van der Waals surface area contributed by atoms with E-state index in [1.54, 1.807) is 19.9 Å². The Morgan fingerprint density at radius 2 is 1.82 bits per heavy atom. The molecule has 0 radical (unpaired) electrons.